The van der Waals surface area contributed by atoms with Gasteiger partial charge in [0.2, 0.25) is 0 Å². The van der Waals surface area contributed by atoms with Gasteiger partial charge in [0.1, 0.15) is 0 Å². The molecular formula is C13H12O2S. The summed E-state index contributed by atoms with van der Waals surface area (Å²) in [6.07, 6.45) is 0. The Morgan fingerprint density at radius 1 is 0.875 bits per heavy atom. The largest absolute Gasteiger partial charge is 0.392 e. The van der Waals surface area contributed by atoms with E-state index in [1.165, 1.54) is 0 Å². The van der Waals surface area contributed by atoms with E-state index in [9.17, 15) is 4.21 Å². The Labute approximate surface area is 97.0 Å². The molecule has 82 valence electrons. The first-order valence-electron chi connectivity index (χ1n) is 4.98. The highest BCUT2D eigenvalue weighted by atomic mass is 32.2. The lowest BCUT2D eigenvalue weighted by molar-refractivity contribution is 0.282. The number of benzene rings is 2. The van der Waals surface area contributed by atoms with Gasteiger partial charge in [-0.2, -0.15) is 0 Å². The molecule has 0 aliphatic rings. The molecule has 0 radical (unpaired) electrons. The molecule has 0 saturated heterocycles. The molecule has 16 heavy (non-hydrogen) atoms. The van der Waals surface area contributed by atoms with Crippen molar-refractivity contribution in [3.63, 3.8) is 0 Å². The second kappa shape index (κ2) is 5.05. The van der Waals surface area contributed by atoms with Crippen LogP contribution in [0.25, 0.3) is 0 Å². The maximum absolute atomic E-state index is 12.1. The summed E-state index contributed by atoms with van der Waals surface area (Å²) in [5.41, 5.74) is 0.828. The van der Waals surface area contributed by atoms with Crippen LogP contribution in [-0.4, -0.2) is 9.32 Å². The van der Waals surface area contributed by atoms with Crippen molar-refractivity contribution in [3.05, 3.63) is 60.2 Å². The SMILES string of the molecule is O=S(c1ccccc1)c1ccc(CO)cc1. The molecule has 2 aromatic rings. The van der Waals surface area contributed by atoms with E-state index in [1.54, 1.807) is 24.3 Å². The maximum Gasteiger partial charge on any atom is 0.0849 e. The van der Waals surface area contributed by atoms with E-state index in [4.69, 9.17) is 5.11 Å². The first-order chi connectivity index (χ1) is 7.81. The number of rotatable bonds is 3. The molecule has 1 unspecified atom stereocenters. The normalized spacial score (nSPS) is 12.3. The predicted octanol–water partition coefficient (Wildman–Crippen LogP) is 2.35. The maximum atomic E-state index is 12.1. The zero-order valence-corrected chi connectivity index (χ0v) is 9.48. The second-order valence-electron chi connectivity index (χ2n) is 3.38. The lowest BCUT2D eigenvalue weighted by atomic mass is 10.2. The molecule has 0 aliphatic heterocycles. The van der Waals surface area contributed by atoms with Crippen molar-refractivity contribution in [1.29, 1.82) is 0 Å². The van der Waals surface area contributed by atoms with Crippen LogP contribution in [0.15, 0.2) is 64.4 Å². The Morgan fingerprint density at radius 2 is 1.44 bits per heavy atom. The molecule has 0 aliphatic carbocycles. The average molecular weight is 232 g/mol. The van der Waals surface area contributed by atoms with Crippen LogP contribution in [0.5, 0.6) is 0 Å². The summed E-state index contributed by atoms with van der Waals surface area (Å²) in [4.78, 5) is 1.54. The summed E-state index contributed by atoms with van der Waals surface area (Å²) in [6, 6.07) is 16.5. The number of hydrogen-bond donors (Lipinski definition) is 1. The van der Waals surface area contributed by atoms with Gasteiger partial charge in [0.05, 0.1) is 17.4 Å². The van der Waals surface area contributed by atoms with Gasteiger partial charge in [0.25, 0.3) is 0 Å². The minimum atomic E-state index is -1.14. The Balaban J connectivity index is 2.28. The van der Waals surface area contributed by atoms with Crippen LogP contribution < -0.4 is 0 Å². The van der Waals surface area contributed by atoms with Gasteiger partial charge < -0.3 is 5.11 Å². The zero-order valence-electron chi connectivity index (χ0n) is 8.67. The fourth-order valence-electron chi connectivity index (χ4n) is 1.40. The molecule has 1 atom stereocenters. The molecular weight excluding hydrogens is 220 g/mol. The van der Waals surface area contributed by atoms with E-state index in [2.05, 4.69) is 0 Å². The highest BCUT2D eigenvalue weighted by Gasteiger charge is 2.05. The lowest BCUT2D eigenvalue weighted by Crippen LogP contribution is -1.93. The molecule has 2 rings (SSSR count). The molecule has 0 fully saturated rings. The number of hydrogen-bond acceptors (Lipinski definition) is 2. The van der Waals surface area contributed by atoms with Crippen molar-refractivity contribution in [1.82, 2.24) is 0 Å². The van der Waals surface area contributed by atoms with E-state index in [0.717, 1.165) is 15.4 Å². The van der Waals surface area contributed by atoms with Crippen LogP contribution >= 0.6 is 0 Å². The van der Waals surface area contributed by atoms with Crippen molar-refractivity contribution in [2.45, 2.75) is 16.4 Å². The van der Waals surface area contributed by atoms with Crippen LogP contribution in [0.3, 0.4) is 0 Å². The third kappa shape index (κ3) is 2.38. The highest BCUT2D eigenvalue weighted by Crippen LogP contribution is 2.16. The molecule has 0 spiro atoms. The first-order valence-corrected chi connectivity index (χ1v) is 6.13. The summed E-state index contributed by atoms with van der Waals surface area (Å²) in [6.45, 7) is 0.0122. The second-order valence-corrected chi connectivity index (χ2v) is 4.86. The van der Waals surface area contributed by atoms with Gasteiger partial charge in [-0.3, -0.25) is 0 Å². The van der Waals surface area contributed by atoms with Crippen molar-refractivity contribution >= 4 is 10.8 Å². The Kier molecular flexibility index (Phi) is 3.49. The first kappa shape index (κ1) is 11.0. The third-order valence-electron chi connectivity index (χ3n) is 2.28. The van der Waals surface area contributed by atoms with Gasteiger partial charge in [-0.05, 0) is 29.8 Å². The van der Waals surface area contributed by atoms with Gasteiger partial charge in [-0.25, -0.2) is 4.21 Å². The minimum absolute atomic E-state index is 0.0122. The molecule has 3 heteroatoms. The molecule has 0 heterocycles. The standard InChI is InChI=1S/C13H12O2S/c14-10-11-6-8-13(9-7-11)16(15)12-4-2-1-3-5-12/h1-9,14H,10H2. The summed E-state index contributed by atoms with van der Waals surface area (Å²) in [5, 5.41) is 8.91. The summed E-state index contributed by atoms with van der Waals surface area (Å²) in [5.74, 6) is 0. The van der Waals surface area contributed by atoms with E-state index >= 15 is 0 Å². The molecule has 2 nitrogen and oxygen atoms in total. The van der Waals surface area contributed by atoms with Gasteiger partial charge in [0, 0.05) is 9.79 Å². The summed E-state index contributed by atoms with van der Waals surface area (Å²) < 4.78 is 12.1. The third-order valence-corrected chi connectivity index (χ3v) is 3.68. The molecule has 0 bridgehead atoms. The van der Waals surface area contributed by atoms with E-state index < -0.39 is 10.8 Å². The number of aliphatic hydroxyl groups excluding tert-OH is 1. The van der Waals surface area contributed by atoms with Crippen LogP contribution in [-0.2, 0) is 17.4 Å². The summed E-state index contributed by atoms with van der Waals surface area (Å²) in [7, 11) is -1.14. The van der Waals surface area contributed by atoms with Gasteiger partial charge >= 0.3 is 0 Å². The quantitative estimate of drug-likeness (QED) is 0.882. The van der Waals surface area contributed by atoms with Gasteiger partial charge in [-0.15, -0.1) is 0 Å². The average Bonchev–Trinajstić information content (AvgIpc) is 2.39. The summed E-state index contributed by atoms with van der Waals surface area (Å²) >= 11 is 0. The van der Waals surface area contributed by atoms with Crippen LogP contribution in [0.4, 0.5) is 0 Å². The van der Waals surface area contributed by atoms with Crippen LogP contribution in [0.1, 0.15) is 5.56 Å². The molecule has 1 N–H and O–H groups in total. The molecule has 2 aromatic carbocycles. The van der Waals surface area contributed by atoms with Crippen LogP contribution in [0.2, 0.25) is 0 Å². The topological polar surface area (TPSA) is 37.3 Å². The van der Waals surface area contributed by atoms with Crippen molar-refractivity contribution in [2.75, 3.05) is 0 Å². The monoisotopic (exact) mass is 232 g/mol. The lowest BCUT2D eigenvalue weighted by Gasteiger charge is -2.02. The van der Waals surface area contributed by atoms with Crippen LogP contribution in [0, 0.1) is 0 Å². The predicted molar refractivity (Wildman–Crippen MR) is 63.5 cm³/mol. The zero-order chi connectivity index (χ0) is 11.4. The Morgan fingerprint density at radius 3 is 2.00 bits per heavy atom. The Bertz CT molecular complexity index is 477. The van der Waals surface area contributed by atoms with E-state index in [1.807, 2.05) is 30.3 Å². The molecule has 0 aromatic heterocycles. The minimum Gasteiger partial charge on any atom is -0.392 e. The van der Waals surface area contributed by atoms with E-state index in [0.29, 0.717) is 0 Å². The molecule has 0 saturated carbocycles. The van der Waals surface area contributed by atoms with Gasteiger partial charge in [0.15, 0.2) is 0 Å². The fourth-order valence-corrected chi connectivity index (χ4v) is 2.46. The Hall–Kier alpha value is -1.45. The van der Waals surface area contributed by atoms with Gasteiger partial charge in [-0.1, -0.05) is 30.3 Å². The van der Waals surface area contributed by atoms with Crippen molar-refractivity contribution in [2.24, 2.45) is 0 Å². The van der Waals surface area contributed by atoms with Crippen molar-refractivity contribution < 1.29 is 9.32 Å². The fraction of sp³-hybridized carbons (Fsp3) is 0.0769. The van der Waals surface area contributed by atoms with E-state index in [-0.39, 0.29) is 6.61 Å². The highest BCUT2D eigenvalue weighted by molar-refractivity contribution is 7.85. The van der Waals surface area contributed by atoms with Crippen molar-refractivity contribution in [3.8, 4) is 0 Å². The smallest absolute Gasteiger partial charge is 0.0849 e. The number of aliphatic hydroxyl groups is 1. The molecule has 0 amide bonds.